The number of rotatable bonds is 9. The molecule has 3 aliphatic heterocycles. The first kappa shape index (κ1) is 26.8. The Morgan fingerprint density at radius 1 is 1.26 bits per heavy atom. The zero-order valence-electron chi connectivity index (χ0n) is 21.2. The lowest BCUT2D eigenvalue weighted by atomic mass is 9.71. The van der Waals surface area contributed by atoms with E-state index < -0.39 is 28.7 Å². The lowest BCUT2D eigenvalue weighted by Crippen LogP contribution is -2.56. The highest BCUT2D eigenvalue weighted by atomic mass is 35.5. The Hall–Kier alpha value is -2.81. The van der Waals surface area contributed by atoms with Crippen LogP contribution in [0.25, 0.3) is 0 Å². The molecule has 2 amide bonds. The van der Waals surface area contributed by atoms with Gasteiger partial charge in [-0.2, -0.15) is 0 Å². The van der Waals surface area contributed by atoms with E-state index in [9.17, 15) is 19.5 Å². The van der Waals surface area contributed by atoms with E-state index in [2.05, 4.69) is 6.58 Å². The third-order valence-corrected chi connectivity index (χ3v) is 10.1. The maximum Gasteiger partial charge on any atom is 0.310 e. The number of aliphatic hydroxyl groups is 1. The normalized spacial score (nSPS) is 28.2. The molecule has 1 N–H and O–H groups in total. The predicted octanol–water partition coefficient (Wildman–Crippen LogP) is 4.25. The molecule has 0 aliphatic carbocycles. The van der Waals surface area contributed by atoms with Crippen molar-refractivity contribution in [3.8, 4) is 0 Å². The molecule has 5 rings (SSSR count). The number of hydrogen-bond donors (Lipinski definition) is 1. The monoisotopic (exact) mass is 554 g/mol. The van der Waals surface area contributed by atoms with Gasteiger partial charge in [-0.1, -0.05) is 48.0 Å². The van der Waals surface area contributed by atoms with E-state index in [-0.39, 0.29) is 42.8 Å². The van der Waals surface area contributed by atoms with Gasteiger partial charge in [0, 0.05) is 22.5 Å². The van der Waals surface area contributed by atoms with Crippen molar-refractivity contribution in [1.82, 2.24) is 4.90 Å². The smallest absolute Gasteiger partial charge is 0.310 e. The predicted molar refractivity (Wildman–Crippen MR) is 148 cm³/mol. The molecule has 6 atom stereocenters. The molecule has 2 aromatic rings. The van der Waals surface area contributed by atoms with Gasteiger partial charge in [-0.25, -0.2) is 0 Å². The summed E-state index contributed by atoms with van der Waals surface area (Å²) in [6.07, 6.45) is 2.98. The van der Waals surface area contributed by atoms with Crippen LogP contribution in [0.1, 0.15) is 31.4 Å². The van der Waals surface area contributed by atoms with Crippen LogP contribution in [0.5, 0.6) is 0 Å². The van der Waals surface area contributed by atoms with Crippen LogP contribution in [-0.4, -0.2) is 63.6 Å². The molecule has 2 bridgehead atoms. The largest absolute Gasteiger partial charge is 0.466 e. The van der Waals surface area contributed by atoms with Crippen molar-refractivity contribution in [2.45, 2.75) is 41.8 Å². The van der Waals surface area contributed by atoms with Crippen LogP contribution in [-0.2, 0) is 19.1 Å². The molecule has 7 nitrogen and oxygen atoms in total. The Balaban J connectivity index is 1.64. The van der Waals surface area contributed by atoms with E-state index >= 15 is 0 Å². The maximum atomic E-state index is 14.6. The molecule has 2 aromatic carbocycles. The van der Waals surface area contributed by atoms with E-state index in [1.165, 1.54) is 0 Å². The average Bonchev–Trinajstić information content (AvgIpc) is 3.57. The molecular weight excluding hydrogens is 524 g/mol. The van der Waals surface area contributed by atoms with Crippen LogP contribution in [0.3, 0.4) is 0 Å². The summed E-state index contributed by atoms with van der Waals surface area (Å²) < 4.78 is 4.61. The van der Waals surface area contributed by atoms with Gasteiger partial charge in [0.2, 0.25) is 5.91 Å². The van der Waals surface area contributed by atoms with Crippen LogP contribution >= 0.6 is 23.4 Å². The van der Waals surface area contributed by atoms with Gasteiger partial charge in [-0.15, -0.1) is 18.3 Å². The summed E-state index contributed by atoms with van der Waals surface area (Å²) in [5.74, 6) is -2.27. The number of halogens is 1. The lowest BCUT2D eigenvalue weighted by Gasteiger charge is -2.39. The van der Waals surface area contributed by atoms with E-state index in [1.807, 2.05) is 30.3 Å². The van der Waals surface area contributed by atoms with Crippen molar-refractivity contribution in [2.75, 3.05) is 24.7 Å². The second-order valence-corrected chi connectivity index (χ2v) is 11.9. The highest BCUT2D eigenvalue weighted by Crippen LogP contribution is 2.67. The fraction of sp³-hybridized carbons (Fsp3) is 0.414. The van der Waals surface area contributed by atoms with Crippen LogP contribution in [0, 0.1) is 11.8 Å². The molecule has 0 aromatic heterocycles. The number of amides is 2. The van der Waals surface area contributed by atoms with E-state index in [4.69, 9.17) is 16.3 Å². The van der Waals surface area contributed by atoms with E-state index in [0.29, 0.717) is 23.6 Å². The van der Waals surface area contributed by atoms with Crippen LogP contribution in [0.15, 0.2) is 67.3 Å². The molecule has 0 radical (unpaired) electrons. The van der Waals surface area contributed by atoms with Gasteiger partial charge in [0.25, 0.3) is 5.91 Å². The Morgan fingerprint density at radius 2 is 1.97 bits per heavy atom. The molecule has 0 saturated carbocycles. The Bertz CT molecular complexity index is 1230. The highest BCUT2D eigenvalue weighted by Gasteiger charge is 2.75. The molecule has 3 saturated heterocycles. The second kappa shape index (κ2) is 10.8. The molecule has 2 unspecified atom stereocenters. The van der Waals surface area contributed by atoms with Gasteiger partial charge in [-0.3, -0.25) is 14.4 Å². The van der Waals surface area contributed by atoms with Crippen molar-refractivity contribution < 1.29 is 24.2 Å². The summed E-state index contributed by atoms with van der Waals surface area (Å²) >= 11 is 7.69. The fourth-order valence-corrected chi connectivity index (χ4v) is 8.78. The molecule has 1 spiro atoms. The molecular formula is C29H31ClN2O5S. The first-order chi connectivity index (χ1) is 18.4. The number of fused-ring (bicyclic) bond motifs is 1. The summed E-state index contributed by atoms with van der Waals surface area (Å²) in [5.41, 5.74) is 1.36. The summed E-state index contributed by atoms with van der Waals surface area (Å²) in [7, 11) is 0. The molecule has 3 fully saturated rings. The van der Waals surface area contributed by atoms with E-state index in [0.717, 1.165) is 5.56 Å². The van der Waals surface area contributed by atoms with Crippen LogP contribution in [0.4, 0.5) is 5.69 Å². The highest BCUT2D eigenvalue weighted by molar-refractivity contribution is 8.02. The summed E-state index contributed by atoms with van der Waals surface area (Å²) in [4.78, 5) is 45.2. The van der Waals surface area contributed by atoms with Gasteiger partial charge >= 0.3 is 5.97 Å². The number of aliphatic hydroxyl groups excluding tert-OH is 1. The number of esters is 1. The quantitative estimate of drug-likeness (QED) is 0.368. The van der Waals surface area contributed by atoms with Gasteiger partial charge in [0.1, 0.15) is 6.04 Å². The third kappa shape index (κ3) is 4.23. The lowest BCUT2D eigenvalue weighted by molar-refractivity contribution is -0.154. The Labute approximate surface area is 231 Å². The first-order valence-corrected chi connectivity index (χ1v) is 14.1. The van der Waals surface area contributed by atoms with Crippen LogP contribution < -0.4 is 4.90 Å². The third-order valence-electron chi connectivity index (χ3n) is 7.94. The van der Waals surface area contributed by atoms with Gasteiger partial charge < -0.3 is 19.6 Å². The zero-order chi connectivity index (χ0) is 27.0. The minimum Gasteiger partial charge on any atom is -0.466 e. The molecule has 38 heavy (non-hydrogen) atoms. The molecule has 9 heteroatoms. The topological polar surface area (TPSA) is 87.2 Å². The standard InChI is InChI=1S/C29H31ClN2O5S/c1-3-16-31(20-12-10-19(30)11-13-20)27(35)25-29-15-14-22(38-29)23(28(36)37-4-2)24(29)26(34)32(25)21(17-33)18-8-6-5-7-9-18/h3,5-13,21-25,33H,1,4,14-17H2,2H3/t21-,22+,23-,24+,25?,29?/m1/s1. The average molecular weight is 555 g/mol. The SMILES string of the molecule is C=CCN(C(=O)C1N([C@H](CO)c2ccccc2)C(=O)[C@@H]2[C@H](C(=O)OCC)[C@@H]3CCC12S3)c1ccc(Cl)cc1. The zero-order valence-corrected chi connectivity index (χ0v) is 22.7. The number of anilines is 1. The number of ether oxygens (including phenoxy) is 1. The number of benzene rings is 2. The van der Waals surface area contributed by atoms with Crippen LogP contribution in [0.2, 0.25) is 5.02 Å². The van der Waals surface area contributed by atoms with Gasteiger partial charge in [0.15, 0.2) is 0 Å². The second-order valence-electron chi connectivity index (χ2n) is 9.88. The molecule has 200 valence electrons. The fourth-order valence-electron chi connectivity index (χ4n) is 6.46. The maximum absolute atomic E-state index is 14.6. The summed E-state index contributed by atoms with van der Waals surface area (Å²) in [5, 5.41) is 11.0. The van der Waals surface area contributed by atoms with Crippen molar-refractivity contribution in [2.24, 2.45) is 11.8 Å². The van der Waals surface area contributed by atoms with Crippen molar-refractivity contribution in [3.05, 3.63) is 77.8 Å². The number of thioether (sulfide) groups is 1. The number of hydrogen-bond acceptors (Lipinski definition) is 6. The number of likely N-dealkylation sites (tertiary alicyclic amines) is 1. The Morgan fingerprint density at radius 3 is 2.61 bits per heavy atom. The van der Waals surface area contributed by atoms with Gasteiger partial charge in [-0.05, 0) is 49.6 Å². The molecule has 3 aliphatic rings. The number of nitrogens with zero attached hydrogens (tertiary/aromatic N) is 2. The Kier molecular flexibility index (Phi) is 7.58. The van der Waals surface area contributed by atoms with Crippen molar-refractivity contribution in [3.63, 3.8) is 0 Å². The number of carbonyl (C=O) groups excluding carboxylic acids is 3. The first-order valence-electron chi connectivity index (χ1n) is 12.9. The minimum atomic E-state index is -0.887. The summed E-state index contributed by atoms with van der Waals surface area (Å²) in [6.45, 7) is 5.69. The summed E-state index contributed by atoms with van der Waals surface area (Å²) in [6, 6.07) is 14.6. The van der Waals surface area contributed by atoms with E-state index in [1.54, 1.807) is 58.8 Å². The van der Waals surface area contributed by atoms with Crippen molar-refractivity contribution in [1.29, 1.82) is 0 Å². The van der Waals surface area contributed by atoms with Gasteiger partial charge in [0.05, 0.1) is 35.8 Å². The minimum absolute atomic E-state index is 0.0897. The van der Waals surface area contributed by atoms with Crippen molar-refractivity contribution >= 4 is 46.8 Å². The number of carbonyl (C=O) groups is 3. The molecule has 3 heterocycles.